The van der Waals surface area contributed by atoms with Crippen LogP contribution in [0.25, 0.3) is 0 Å². The summed E-state index contributed by atoms with van der Waals surface area (Å²) in [6.07, 6.45) is 17.1. The maximum Gasteiger partial charge on any atom is 0.331 e. The highest BCUT2D eigenvalue weighted by Crippen LogP contribution is 2.29. The molecule has 1 saturated heterocycles. The van der Waals surface area contributed by atoms with E-state index in [1.807, 2.05) is 13.8 Å². The molecule has 0 aliphatic carbocycles. The van der Waals surface area contributed by atoms with E-state index in [9.17, 15) is 9.59 Å². The SMILES string of the molecule is CCCCCCCCCCCCCCCC(=O)N1[C@@H](C(=O)OC)COC1(C)C. The lowest BCUT2D eigenvalue weighted by Gasteiger charge is -2.32. The van der Waals surface area contributed by atoms with Gasteiger partial charge in [-0.3, -0.25) is 9.69 Å². The Kier molecular flexibility index (Phi) is 12.4. The second kappa shape index (κ2) is 14.0. The van der Waals surface area contributed by atoms with Crippen molar-refractivity contribution in [3.8, 4) is 0 Å². The van der Waals surface area contributed by atoms with Crippen molar-refractivity contribution in [1.29, 1.82) is 0 Å². The molecule has 1 fully saturated rings. The standard InChI is InChI=1S/C23H43NO4/c1-5-6-7-8-9-10-11-12-13-14-15-16-17-18-21(25)24-20(22(26)27-4)19-28-23(24,2)3/h20H,5-19H2,1-4H3/t20-/m1/s1. The number of unbranched alkanes of at least 4 members (excludes halogenated alkanes) is 12. The van der Waals surface area contributed by atoms with Gasteiger partial charge in [-0.15, -0.1) is 0 Å². The lowest BCUT2D eigenvalue weighted by Crippen LogP contribution is -2.50. The number of rotatable bonds is 15. The number of methoxy groups -OCH3 is 1. The van der Waals surface area contributed by atoms with Crippen molar-refractivity contribution < 1.29 is 19.1 Å². The molecule has 1 amide bonds. The van der Waals surface area contributed by atoms with E-state index in [0.29, 0.717) is 6.42 Å². The molecule has 28 heavy (non-hydrogen) atoms. The minimum Gasteiger partial charge on any atom is -0.467 e. The molecule has 5 nitrogen and oxygen atoms in total. The fraction of sp³-hybridized carbons (Fsp3) is 0.913. The number of hydrogen-bond donors (Lipinski definition) is 0. The Morgan fingerprint density at radius 1 is 0.893 bits per heavy atom. The lowest BCUT2D eigenvalue weighted by molar-refractivity contribution is -0.157. The summed E-state index contributed by atoms with van der Waals surface area (Å²) < 4.78 is 10.5. The molecule has 0 aromatic heterocycles. The Morgan fingerprint density at radius 2 is 1.36 bits per heavy atom. The summed E-state index contributed by atoms with van der Waals surface area (Å²) >= 11 is 0. The molecule has 0 aromatic rings. The Hall–Kier alpha value is -1.10. The first-order valence-electron chi connectivity index (χ1n) is 11.5. The zero-order chi connectivity index (χ0) is 20.8. The minimum atomic E-state index is -0.744. The van der Waals surface area contributed by atoms with Crippen molar-refractivity contribution in [2.75, 3.05) is 13.7 Å². The van der Waals surface area contributed by atoms with Crippen LogP contribution in [0.4, 0.5) is 0 Å². The van der Waals surface area contributed by atoms with Crippen LogP contribution in [0.2, 0.25) is 0 Å². The van der Waals surface area contributed by atoms with Gasteiger partial charge >= 0.3 is 5.97 Å². The van der Waals surface area contributed by atoms with Crippen LogP contribution in [0.5, 0.6) is 0 Å². The zero-order valence-electron chi connectivity index (χ0n) is 18.8. The first kappa shape index (κ1) is 24.9. The van der Waals surface area contributed by atoms with E-state index >= 15 is 0 Å². The summed E-state index contributed by atoms with van der Waals surface area (Å²) in [5.74, 6) is -0.412. The summed E-state index contributed by atoms with van der Waals surface area (Å²) in [6.45, 7) is 6.13. The highest BCUT2D eigenvalue weighted by molar-refractivity contribution is 5.85. The first-order chi connectivity index (χ1) is 13.4. The molecule has 0 N–H and O–H groups in total. The van der Waals surface area contributed by atoms with Crippen molar-refractivity contribution in [3.05, 3.63) is 0 Å². The molecule has 1 heterocycles. The molecule has 1 rings (SSSR count). The number of amides is 1. The van der Waals surface area contributed by atoms with Crippen LogP contribution in [-0.4, -0.2) is 42.3 Å². The van der Waals surface area contributed by atoms with Gasteiger partial charge in [0.15, 0.2) is 6.04 Å². The number of carbonyl (C=O) groups is 2. The van der Waals surface area contributed by atoms with Gasteiger partial charge < -0.3 is 9.47 Å². The molecule has 164 valence electrons. The smallest absolute Gasteiger partial charge is 0.331 e. The molecule has 1 aliphatic rings. The van der Waals surface area contributed by atoms with Crippen molar-refractivity contribution in [2.24, 2.45) is 0 Å². The van der Waals surface area contributed by atoms with E-state index in [0.717, 1.165) is 12.8 Å². The third-order valence-electron chi connectivity index (χ3n) is 5.72. The zero-order valence-corrected chi connectivity index (χ0v) is 18.8. The molecule has 0 spiro atoms. The molecular weight excluding hydrogens is 354 g/mol. The van der Waals surface area contributed by atoms with Crippen LogP contribution in [-0.2, 0) is 19.1 Å². The Labute approximate surface area is 172 Å². The van der Waals surface area contributed by atoms with Crippen LogP contribution in [0.3, 0.4) is 0 Å². The van der Waals surface area contributed by atoms with Gasteiger partial charge in [0.2, 0.25) is 5.91 Å². The third-order valence-corrected chi connectivity index (χ3v) is 5.72. The molecular formula is C23H43NO4. The number of ether oxygens (including phenoxy) is 2. The second-order valence-corrected chi connectivity index (χ2v) is 8.55. The molecule has 1 aliphatic heterocycles. The molecule has 0 aromatic carbocycles. The van der Waals surface area contributed by atoms with E-state index in [4.69, 9.17) is 9.47 Å². The monoisotopic (exact) mass is 397 g/mol. The minimum absolute atomic E-state index is 0.0130. The van der Waals surface area contributed by atoms with E-state index < -0.39 is 17.7 Å². The molecule has 0 bridgehead atoms. The number of carbonyl (C=O) groups excluding carboxylic acids is 2. The van der Waals surface area contributed by atoms with Gasteiger partial charge in [0, 0.05) is 6.42 Å². The number of nitrogens with zero attached hydrogens (tertiary/aromatic N) is 1. The number of hydrogen-bond acceptors (Lipinski definition) is 4. The van der Waals surface area contributed by atoms with E-state index in [2.05, 4.69) is 6.92 Å². The average Bonchev–Trinajstić information content (AvgIpc) is 2.99. The quantitative estimate of drug-likeness (QED) is 0.266. The maximum absolute atomic E-state index is 12.6. The highest BCUT2D eigenvalue weighted by atomic mass is 16.6. The van der Waals surface area contributed by atoms with Gasteiger partial charge in [-0.2, -0.15) is 0 Å². The summed E-state index contributed by atoms with van der Waals surface area (Å²) in [6, 6.07) is -0.616. The highest BCUT2D eigenvalue weighted by Gasteiger charge is 2.47. The Balaban J connectivity index is 2.08. The topological polar surface area (TPSA) is 55.8 Å². The predicted octanol–water partition coefficient (Wildman–Crippen LogP) is 5.60. The summed E-state index contributed by atoms with van der Waals surface area (Å²) in [7, 11) is 1.35. The van der Waals surface area contributed by atoms with Crippen molar-refractivity contribution >= 4 is 11.9 Å². The van der Waals surface area contributed by atoms with Crippen molar-refractivity contribution in [2.45, 2.75) is 122 Å². The molecule has 1 atom stereocenters. The van der Waals surface area contributed by atoms with Crippen LogP contribution in [0, 0.1) is 0 Å². The van der Waals surface area contributed by atoms with Crippen LogP contribution < -0.4 is 0 Å². The predicted molar refractivity (Wildman–Crippen MR) is 113 cm³/mol. The Morgan fingerprint density at radius 3 is 1.82 bits per heavy atom. The van der Waals surface area contributed by atoms with E-state index in [1.165, 1.54) is 77.7 Å². The molecule has 0 unspecified atom stereocenters. The van der Waals surface area contributed by atoms with Gasteiger partial charge in [0.05, 0.1) is 13.7 Å². The lowest BCUT2D eigenvalue weighted by atomic mass is 10.0. The summed E-state index contributed by atoms with van der Waals surface area (Å²) in [5, 5.41) is 0. The first-order valence-corrected chi connectivity index (χ1v) is 11.5. The van der Waals surface area contributed by atoms with Gasteiger partial charge in [0.1, 0.15) is 5.72 Å². The summed E-state index contributed by atoms with van der Waals surface area (Å²) in [5.41, 5.74) is -0.744. The normalized spacial score (nSPS) is 18.4. The third kappa shape index (κ3) is 8.93. The summed E-state index contributed by atoms with van der Waals surface area (Å²) in [4.78, 5) is 26.1. The van der Waals surface area contributed by atoms with Gasteiger partial charge in [-0.05, 0) is 20.3 Å². The van der Waals surface area contributed by atoms with E-state index in [1.54, 1.807) is 4.90 Å². The van der Waals surface area contributed by atoms with Gasteiger partial charge in [-0.1, -0.05) is 84.0 Å². The molecule has 0 saturated carbocycles. The largest absolute Gasteiger partial charge is 0.467 e. The van der Waals surface area contributed by atoms with Crippen molar-refractivity contribution in [1.82, 2.24) is 4.90 Å². The second-order valence-electron chi connectivity index (χ2n) is 8.55. The molecule has 0 radical (unpaired) electrons. The van der Waals surface area contributed by atoms with Crippen molar-refractivity contribution in [3.63, 3.8) is 0 Å². The van der Waals surface area contributed by atoms with E-state index in [-0.39, 0.29) is 12.5 Å². The van der Waals surface area contributed by atoms with Crippen LogP contribution in [0.15, 0.2) is 0 Å². The van der Waals surface area contributed by atoms with Crippen LogP contribution in [0.1, 0.15) is 111 Å². The number of esters is 1. The maximum atomic E-state index is 12.6. The van der Waals surface area contributed by atoms with Crippen LogP contribution >= 0.6 is 0 Å². The Bertz CT molecular complexity index is 450. The average molecular weight is 398 g/mol. The van der Waals surface area contributed by atoms with Gasteiger partial charge in [-0.25, -0.2) is 4.79 Å². The molecule has 5 heteroatoms. The fourth-order valence-corrected chi connectivity index (χ4v) is 4.00. The fourth-order valence-electron chi connectivity index (χ4n) is 4.00. The van der Waals surface area contributed by atoms with Gasteiger partial charge in [0.25, 0.3) is 0 Å².